The molecule has 2 spiro atoms. The molecule has 3 saturated carbocycles. The molecule has 2 saturated heterocycles. The van der Waals surface area contributed by atoms with Crippen molar-refractivity contribution in [3.63, 3.8) is 0 Å². The maximum atomic E-state index is 13.2. The lowest BCUT2D eigenvalue weighted by atomic mass is 9.57. The van der Waals surface area contributed by atoms with Gasteiger partial charge in [-0.05, 0) is 38.5 Å². The number of likely N-dealkylation sites (tertiary alicyclic amines) is 2. The van der Waals surface area contributed by atoms with Crippen LogP contribution in [0.15, 0.2) is 6.20 Å². The maximum Gasteiger partial charge on any atom is 0.436 e. The zero-order valence-electron chi connectivity index (χ0n) is 19.5. The Morgan fingerprint density at radius 2 is 1.69 bits per heavy atom. The minimum absolute atomic E-state index is 0.0173. The molecule has 0 radical (unpaired) electrons. The van der Waals surface area contributed by atoms with Crippen molar-refractivity contribution in [3.05, 3.63) is 23.5 Å². The van der Waals surface area contributed by atoms with E-state index in [4.69, 9.17) is 4.74 Å². The summed E-state index contributed by atoms with van der Waals surface area (Å²) in [6.45, 7) is 2.89. The van der Waals surface area contributed by atoms with E-state index >= 15 is 0 Å². The molecule has 12 heteroatoms. The van der Waals surface area contributed by atoms with Crippen LogP contribution in [0.2, 0.25) is 0 Å². The van der Waals surface area contributed by atoms with Gasteiger partial charge in [0, 0.05) is 55.9 Å². The molecule has 9 nitrogen and oxygen atoms in total. The van der Waals surface area contributed by atoms with Crippen molar-refractivity contribution in [2.24, 2.45) is 17.9 Å². The highest BCUT2D eigenvalue weighted by Crippen LogP contribution is 2.57. The SMILES string of the molecule is Cn1ncc(OC2CC3(C2)CN(C(=O)N2CC4(CC(c5nc(C6CC6)n[nH]5)C4)C2)C3)c1C(F)(F)F. The summed E-state index contributed by atoms with van der Waals surface area (Å²) >= 11 is 0. The van der Waals surface area contributed by atoms with Gasteiger partial charge in [-0.25, -0.2) is 9.78 Å². The zero-order chi connectivity index (χ0) is 24.2. The number of nitrogens with zero attached hydrogens (tertiary/aromatic N) is 6. The molecule has 0 bridgehead atoms. The van der Waals surface area contributed by atoms with Crippen LogP contribution in [0.25, 0.3) is 0 Å². The summed E-state index contributed by atoms with van der Waals surface area (Å²) in [4.78, 5) is 21.4. The number of aromatic amines is 1. The average molecular weight is 492 g/mol. The molecule has 2 aromatic heterocycles. The van der Waals surface area contributed by atoms with E-state index in [9.17, 15) is 18.0 Å². The predicted octanol–water partition coefficient (Wildman–Crippen LogP) is 3.28. The first-order chi connectivity index (χ1) is 16.6. The first-order valence-corrected chi connectivity index (χ1v) is 12.3. The number of amides is 2. The summed E-state index contributed by atoms with van der Waals surface area (Å²) < 4.78 is 46.1. The lowest BCUT2D eigenvalue weighted by molar-refractivity contribution is -0.148. The quantitative estimate of drug-likeness (QED) is 0.709. The van der Waals surface area contributed by atoms with Gasteiger partial charge in [0.1, 0.15) is 11.9 Å². The fourth-order valence-electron chi connectivity index (χ4n) is 6.68. The largest absolute Gasteiger partial charge is 0.486 e. The summed E-state index contributed by atoms with van der Waals surface area (Å²) in [5, 5.41) is 11.2. The Kier molecular flexibility index (Phi) is 4.24. The topological polar surface area (TPSA) is 92.2 Å². The van der Waals surface area contributed by atoms with E-state index in [2.05, 4.69) is 20.3 Å². The molecule has 4 heterocycles. The van der Waals surface area contributed by atoms with E-state index < -0.39 is 11.9 Å². The van der Waals surface area contributed by atoms with E-state index in [-0.39, 0.29) is 28.7 Å². The summed E-state index contributed by atoms with van der Waals surface area (Å²) in [5.74, 6) is 2.72. The molecule has 35 heavy (non-hydrogen) atoms. The number of ether oxygens (including phenoxy) is 1. The first-order valence-electron chi connectivity index (χ1n) is 12.3. The Morgan fingerprint density at radius 1 is 1.06 bits per heavy atom. The molecular formula is C23H28F3N7O2. The van der Waals surface area contributed by atoms with Crippen LogP contribution < -0.4 is 4.74 Å². The molecule has 2 amide bonds. The lowest BCUT2D eigenvalue weighted by Crippen LogP contribution is -2.71. The van der Waals surface area contributed by atoms with Crippen LogP contribution in [0, 0.1) is 10.8 Å². The van der Waals surface area contributed by atoms with Crippen LogP contribution in [-0.4, -0.2) is 73.1 Å². The van der Waals surface area contributed by atoms with E-state index in [1.54, 1.807) is 0 Å². The standard InChI is InChI=1S/C23H28F3N7O2/c1-31-17(23(24,25)26)16(8-27-31)35-15-6-22(7-15)11-33(12-22)20(34)32-9-21(10-32)4-14(5-21)19-28-18(29-30-19)13-2-3-13/h8,13-15H,2-7,9-12H2,1H3,(H,28,29,30). The number of hydrogen-bond acceptors (Lipinski definition) is 5. The molecule has 0 aromatic carbocycles. The van der Waals surface area contributed by atoms with E-state index in [0.717, 1.165) is 48.5 Å². The fraction of sp³-hybridized carbons (Fsp3) is 0.739. The molecule has 0 atom stereocenters. The molecule has 5 fully saturated rings. The maximum absolute atomic E-state index is 13.2. The average Bonchev–Trinajstić information content (AvgIpc) is 3.28. The number of carbonyl (C=O) groups is 1. The van der Waals surface area contributed by atoms with Crippen molar-refractivity contribution in [2.75, 3.05) is 26.2 Å². The number of alkyl halides is 3. The van der Waals surface area contributed by atoms with Crippen LogP contribution in [0.4, 0.5) is 18.0 Å². The second-order valence-corrected chi connectivity index (χ2v) is 11.6. The van der Waals surface area contributed by atoms with Crippen molar-refractivity contribution in [3.8, 4) is 5.75 Å². The predicted molar refractivity (Wildman–Crippen MR) is 116 cm³/mol. The number of aromatic nitrogens is 5. The van der Waals surface area contributed by atoms with Gasteiger partial charge in [-0.2, -0.15) is 23.4 Å². The van der Waals surface area contributed by atoms with Crippen molar-refractivity contribution >= 4 is 6.03 Å². The Hall–Kier alpha value is -2.79. The van der Waals surface area contributed by atoms with Crippen LogP contribution in [-0.2, 0) is 13.2 Å². The molecule has 3 aliphatic carbocycles. The van der Waals surface area contributed by atoms with Gasteiger partial charge in [-0.15, -0.1) is 0 Å². The summed E-state index contributed by atoms with van der Waals surface area (Å²) in [6.07, 6.45) is 2.15. The van der Waals surface area contributed by atoms with Gasteiger partial charge in [-0.3, -0.25) is 9.78 Å². The molecule has 1 N–H and O–H groups in total. The summed E-state index contributed by atoms with van der Waals surface area (Å²) in [5.41, 5.74) is -0.651. The van der Waals surface area contributed by atoms with Crippen molar-refractivity contribution in [1.29, 1.82) is 0 Å². The number of urea groups is 1. The monoisotopic (exact) mass is 491 g/mol. The fourth-order valence-corrected chi connectivity index (χ4v) is 6.68. The molecule has 2 aliphatic heterocycles. The highest BCUT2D eigenvalue weighted by molar-refractivity contribution is 5.77. The third-order valence-corrected chi connectivity index (χ3v) is 8.64. The molecule has 0 unspecified atom stereocenters. The number of H-pyrrole nitrogens is 1. The second-order valence-electron chi connectivity index (χ2n) is 11.6. The second kappa shape index (κ2) is 6.91. The van der Waals surface area contributed by atoms with E-state index in [1.807, 2.05) is 9.80 Å². The van der Waals surface area contributed by atoms with Gasteiger partial charge in [0.15, 0.2) is 17.3 Å². The number of aryl methyl sites for hydroxylation is 1. The van der Waals surface area contributed by atoms with E-state index in [0.29, 0.717) is 37.8 Å². The highest BCUT2D eigenvalue weighted by Gasteiger charge is 2.59. The Morgan fingerprint density at radius 3 is 2.29 bits per heavy atom. The summed E-state index contributed by atoms with van der Waals surface area (Å²) in [6, 6.07) is 0.0800. The summed E-state index contributed by atoms with van der Waals surface area (Å²) in [7, 11) is 1.26. The van der Waals surface area contributed by atoms with Gasteiger partial charge >= 0.3 is 12.2 Å². The molecule has 5 aliphatic rings. The zero-order valence-corrected chi connectivity index (χ0v) is 19.5. The Labute approximate surface area is 200 Å². The van der Waals surface area contributed by atoms with Crippen LogP contribution in [0.1, 0.15) is 67.7 Å². The van der Waals surface area contributed by atoms with Gasteiger partial charge < -0.3 is 14.5 Å². The van der Waals surface area contributed by atoms with Crippen LogP contribution in [0.5, 0.6) is 5.75 Å². The third kappa shape index (κ3) is 3.42. The third-order valence-electron chi connectivity index (χ3n) is 8.64. The van der Waals surface area contributed by atoms with Crippen LogP contribution >= 0.6 is 0 Å². The van der Waals surface area contributed by atoms with Gasteiger partial charge in [-0.1, -0.05) is 0 Å². The lowest BCUT2D eigenvalue weighted by Gasteiger charge is -2.62. The molecular weight excluding hydrogens is 463 g/mol. The smallest absolute Gasteiger partial charge is 0.436 e. The van der Waals surface area contributed by atoms with Gasteiger partial charge in [0.25, 0.3) is 0 Å². The number of nitrogens with one attached hydrogen (secondary N) is 1. The number of hydrogen-bond donors (Lipinski definition) is 1. The van der Waals surface area contributed by atoms with Crippen molar-refractivity contribution in [2.45, 2.75) is 62.6 Å². The minimum Gasteiger partial charge on any atom is -0.486 e. The van der Waals surface area contributed by atoms with E-state index in [1.165, 1.54) is 19.9 Å². The minimum atomic E-state index is -4.51. The number of rotatable bonds is 4. The van der Waals surface area contributed by atoms with Crippen LogP contribution in [0.3, 0.4) is 0 Å². The first kappa shape index (κ1) is 21.5. The van der Waals surface area contributed by atoms with Gasteiger partial charge in [0.05, 0.1) is 6.20 Å². The normalized spacial score (nSPS) is 25.3. The van der Waals surface area contributed by atoms with Crippen molar-refractivity contribution < 1.29 is 22.7 Å². The number of carbonyl (C=O) groups excluding carboxylic acids is 1. The molecule has 2 aromatic rings. The van der Waals surface area contributed by atoms with Gasteiger partial charge in [0.2, 0.25) is 0 Å². The highest BCUT2D eigenvalue weighted by atomic mass is 19.4. The molecule has 188 valence electrons. The Bertz CT molecular complexity index is 1160. The Balaban J connectivity index is 0.862. The molecule has 7 rings (SSSR count). The van der Waals surface area contributed by atoms with Crippen molar-refractivity contribution in [1.82, 2.24) is 34.8 Å². The number of halogens is 3.